The van der Waals surface area contributed by atoms with Gasteiger partial charge in [-0.15, -0.1) is 0 Å². The fraction of sp³-hybridized carbons (Fsp3) is 0.240. The van der Waals surface area contributed by atoms with E-state index in [9.17, 15) is 0 Å². The van der Waals surface area contributed by atoms with Gasteiger partial charge in [-0.05, 0) is 40.8 Å². The van der Waals surface area contributed by atoms with Crippen molar-refractivity contribution in [2.24, 2.45) is 0 Å². The van der Waals surface area contributed by atoms with Gasteiger partial charge in [-0.2, -0.15) is 0 Å². The lowest BCUT2D eigenvalue weighted by atomic mass is 9.83. The highest BCUT2D eigenvalue weighted by Gasteiger charge is 2.23. The summed E-state index contributed by atoms with van der Waals surface area (Å²) in [5.41, 5.74) is 5.26. The molecular formula is C25H27NO2. The average molecular weight is 373 g/mol. The lowest BCUT2D eigenvalue weighted by Crippen LogP contribution is -2.14. The lowest BCUT2D eigenvalue weighted by molar-refractivity contribution is 0.396. The zero-order valence-electron chi connectivity index (χ0n) is 17.2. The van der Waals surface area contributed by atoms with Gasteiger partial charge in [0.15, 0.2) is 0 Å². The topological polar surface area (TPSA) is 31.4 Å². The van der Waals surface area contributed by atoms with Crippen LogP contribution in [0.3, 0.4) is 0 Å². The van der Waals surface area contributed by atoms with Crippen molar-refractivity contribution >= 4 is 12.2 Å². The third kappa shape index (κ3) is 4.25. The van der Waals surface area contributed by atoms with Crippen molar-refractivity contribution in [1.82, 2.24) is 4.98 Å². The molecule has 1 heterocycles. The molecule has 0 unspecified atom stereocenters. The van der Waals surface area contributed by atoms with Crippen molar-refractivity contribution in [1.29, 1.82) is 0 Å². The first kappa shape index (κ1) is 19.7. The summed E-state index contributed by atoms with van der Waals surface area (Å²) >= 11 is 0. The molecule has 0 atom stereocenters. The number of pyridine rings is 1. The minimum atomic E-state index is -0.0772. The maximum absolute atomic E-state index is 5.84. The van der Waals surface area contributed by atoms with E-state index in [4.69, 9.17) is 9.47 Å². The number of methoxy groups -OCH3 is 2. The van der Waals surface area contributed by atoms with Gasteiger partial charge in [0.25, 0.3) is 0 Å². The van der Waals surface area contributed by atoms with Crippen LogP contribution in [0, 0.1) is 0 Å². The summed E-state index contributed by atoms with van der Waals surface area (Å²) in [6.07, 6.45) is 5.96. The van der Waals surface area contributed by atoms with Crippen LogP contribution >= 0.6 is 0 Å². The van der Waals surface area contributed by atoms with Crippen LogP contribution in [-0.4, -0.2) is 19.2 Å². The molecule has 28 heavy (non-hydrogen) atoms. The average Bonchev–Trinajstić information content (AvgIpc) is 2.71. The minimum absolute atomic E-state index is 0.0772. The van der Waals surface area contributed by atoms with Crippen LogP contribution in [0.5, 0.6) is 11.6 Å². The fourth-order valence-electron chi connectivity index (χ4n) is 3.24. The van der Waals surface area contributed by atoms with Crippen LogP contribution < -0.4 is 9.47 Å². The Kier molecular flexibility index (Phi) is 5.84. The van der Waals surface area contributed by atoms with Crippen LogP contribution in [-0.2, 0) is 5.41 Å². The Balaban J connectivity index is 2.21. The molecule has 3 nitrogen and oxygen atoms in total. The summed E-state index contributed by atoms with van der Waals surface area (Å²) < 4.78 is 11.3. The third-order valence-electron chi connectivity index (χ3n) is 4.66. The molecular weight excluding hydrogens is 346 g/mol. The van der Waals surface area contributed by atoms with E-state index in [0.717, 1.165) is 33.6 Å². The zero-order chi connectivity index (χ0) is 20.1. The predicted molar refractivity (Wildman–Crippen MR) is 117 cm³/mol. The van der Waals surface area contributed by atoms with E-state index in [-0.39, 0.29) is 5.41 Å². The maximum Gasteiger partial charge on any atom is 0.221 e. The van der Waals surface area contributed by atoms with Gasteiger partial charge in [-0.1, -0.05) is 63.3 Å². The standard InChI is InChI=1S/C25H27NO2/c1-25(2,3)22-17-20(21-12-9-15-26-24(21)28-5)16-19(23(22)27-4)14-13-18-10-7-6-8-11-18/h6-17H,1-5H3/b14-13+. The minimum Gasteiger partial charge on any atom is -0.496 e. The van der Waals surface area contributed by atoms with Crippen LogP contribution in [0.1, 0.15) is 37.5 Å². The number of hydrogen-bond acceptors (Lipinski definition) is 3. The van der Waals surface area contributed by atoms with E-state index in [1.807, 2.05) is 30.3 Å². The van der Waals surface area contributed by atoms with E-state index < -0.39 is 0 Å². The number of hydrogen-bond donors (Lipinski definition) is 0. The second-order valence-corrected chi connectivity index (χ2v) is 7.70. The molecule has 0 aliphatic heterocycles. The number of ether oxygens (including phenoxy) is 2. The van der Waals surface area contributed by atoms with Gasteiger partial charge in [0.2, 0.25) is 5.88 Å². The third-order valence-corrected chi connectivity index (χ3v) is 4.66. The monoisotopic (exact) mass is 373 g/mol. The van der Waals surface area contributed by atoms with Crippen LogP contribution in [0.25, 0.3) is 23.3 Å². The zero-order valence-corrected chi connectivity index (χ0v) is 17.2. The second-order valence-electron chi connectivity index (χ2n) is 7.70. The van der Waals surface area contributed by atoms with E-state index in [1.165, 1.54) is 0 Å². The van der Waals surface area contributed by atoms with Crippen molar-refractivity contribution in [3.8, 4) is 22.8 Å². The number of aromatic nitrogens is 1. The molecule has 0 aliphatic rings. The normalized spacial score (nSPS) is 11.6. The summed E-state index contributed by atoms with van der Waals surface area (Å²) in [5, 5.41) is 0. The van der Waals surface area contributed by atoms with Gasteiger partial charge in [-0.3, -0.25) is 0 Å². The Bertz CT molecular complexity index is 970. The van der Waals surface area contributed by atoms with E-state index >= 15 is 0 Å². The summed E-state index contributed by atoms with van der Waals surface area (Å²) in [6, 6.07) is 18.5. The van der Waals surface area contributed by atoms with Crippen molar-refractivity contribution < 1.29 is 9.47 Å². The van der Waals surface area contributed by atoms with E-state index in [2.05, 4.69) is 62.2 Å². The Hall–Kier alpha value is -3.07. The first-order chi connectivity index (χ1) is 13.4. The van der Waals surface area contributed by atoms with Crippen molar-refractivity contribution in [3.05, 3.63) is 77.5 Å². The number of benzene rings is 2. The van der Waals surface area contributed by atoms with Gasteiger partial charge >= 0.3 is 0 Å². The van der Waals surface area contributed by atoms with E-state index in [0.29, 0.717) is 5.88 Å². The Labute approximate surface area is 167 Å². The maximum atomic E-state index is 5.84. The molecule has 0 spiro atoms. The molecule has 0 saturated heterocycles. The lowest BCUT2D eigenvalue weighted by Gasteiger charge is -2.25. The van der Waals surface area contributed by atoms with Crippen LogP contribution in [0.2, 0.25) is 0 Å². The molecule has 0 aliphatic carbocycles. The van der Waals surface area contributed by atoms with Gasteiger partial charge in [-0.25, -0.2) is 4.98 Å². The number of nitrogens with zero attached hydrogens (tertiary/aromatic N) is 1. The molecule has 0 amide bonds. The predicted octanol–water partition coefficient (Wildman–Crippen LogP) is 6.23. The molecule has 0 fully saturated rings. The summed E-state index contributed by atoms with van der Waals surface area (Å²) in [7, 11) is 3.38. The van der Waals surface area contributed by atoms with Gasteiger partial charge in [0, 0.05) is 22.9 Å². The SMILES string of the molecule is COc1ncccc1-c1cc(/C=C/c2ccccc2)c(OC)c(C(C)(C)C)c1. The molecule has 3 rings (SSSR count). The second kappa shape index (κ2) is 8.30. The molecule has 0 N–H and O–H groups in total. The van der Waals surface area contributed by atoms with Crippen molar-refractivity contribution in [2.75, 3.05) is 14.2 Å². The smallest absolute Gasteiger partial charge is 0.221 e. The largest absolute Gasteiger partial charge is 0.496 e. The van der Waals surface area contributed by atoms with Crippen molar-refractivity contribution in [3.63, 3.8) is 0 Å². The molecule has 0 radical (unpaired) electrons. The highest BCUT2D eigenvalue weighted by atomic mass is 16.5. The molecule has 0 saturated carbocycles. The molecule has 3 heteroatoms. The summed E-state index contributed by atoms with van der Waals surface area (Å²) in [4.78, 5) is 4.36. The fourth-order valence-corrected chi connectivity index (χ4v) is 3.24. The summed E-state index contributed by atoms with van der Waals surface area (Å²) in [6.45, 7) is 6.58. The van der Waals surface area contributed by atoms with E-state index in [1.54, 1.807) is 20.4 Å². The first-order valence-corrected chi connectivity index (χ1v) is 9.39. The van der Waals surface area contributed by atoms with Gasteiger partial charge in [0.1, 0.15) is 5.75 Å². The van der Waals surface area contributed by atoms with Gasteiger partial charge in [0.05, 0.1) is 14.2 Å². The Morgan fingerprint density at radius 2 is 1.61 bits per heavy atom. The highest BCUT2D eigenvalue weighted by Crippen LogP contribution is 2.40. The highest BCUT2D eigenvalue weighted by molar-refractivity contribution is 5.80. The Morgan fingerprint density at radius 3 is 2.25 bits per heavy atom. The molecule has 144 valence electrons. The Morgan fingerprint density at radius 1 is 0.857 bits per heavy atom. The van der Waals surface area contributed by atoms with Crippen molar-refractivity contribution in [2.45, 2.75) is 26.2 Å². The van der Waals surface area contributed by atoms with Crippen LogP contribution in [0.15, 0.2) is 60.8 Å². The molecule has 1 aromatic heterocycles. The molecule has 2 aromatic carbocycles. The van der Waals surface area contributed by atoms with Crippen LogP contribution in [0.4, 0.5) is 0 Å². The number of rotatable bonds is 5. The molecule has 0 bridgehead atoms. The van der Waals surface area contributed by atoms with Gasteiger partial charge < -0.3 is 9.47 Å². The molecule has 3 aromatic rings. The summed E-state index contributed by atoms with van der Waals surface area (Å²) in [5.74, 6) is 1.51. The quantitative estimate of drug-likeness (QED) is 0.497. The first-order valence-electron chi connectivity index (χ1n) is 9.39.